The van der Waals surface area contributed by atoms with Crippen molar-refractivity contribution in [2.45, 2.75) is 46.5 Å². The zero-order valence-electron chi connectivity index (χ0n) is 18.8. The predicted octanol–water partition coefficient (Wildman–Crippen LogP) is 3.65. The lowest BCUT2D eigenvalue weighted by Gasteiger charge is -2.37. The van der Waals surface area contributed by atoms with Crippen LogP contribution in [0.1, 0.15) is 42.0 Å². The van der Waals surface area contributed by atoms with Crippen LogP contribution in [0.15, 0.2) is 28.9 Å². The lowest BCUT2D eigenvalue weighted by molar-refractivity contribution is -0.122. The third-order valence-electron chi connectivity index (χ3n) is 6.34. The van der Waals surface area contributed by atoms with Crippen molar-refractivity contribution in [1.29, 1.82) is 0 Å². The van der Waals surface area contributed by atoms with Crippen molar-refractivity contribution in [2.24, 2.45) is 5.92 Å². The Bertz CT molecular complexity index is 1160. The highest BCUT2D eigenvalue weighted by Gasteiger charge is 2.33. The summed E-state index contributed by atoms with van der Waals surface area (Å²) in [7, 11) is 0. The van der Waals surface area contributed by atoms with Crippen LogP contribution in [-0.2, 0) is 11.2 Å². The Balaban J connectivity index is 1.42. The minimum atomic E-state index is -0.0801. The number of benzene rings is 1. The summed E-state index contributed by atoms with van der Waals surface area (Å²) in [6.45, 7) is 7.99. The molecule has 2 aliphatic heterocycles. The van der Waals surface area contributed by atoms with Crippen LogP contribution in [0.5, 0.6) is 0 Å². The molecule has 3 aromatic rings. The summed E-state index contributed by atoms with van der Waals surface area (Å²) < 4.78 is 5.40. The highest BCUT2D eigenvalue weighted by atomic mass is 16.5. The average molecular weight is 433 g/mol. The summed E-state index contributed by atoms with van der Waals surface area (Å²) >= 11 is 0. The van der Waals surface area contributed by atoms with E-state index in [0.717, 1.165) is 50.3 Å². The third-order valence-corrected chi connectivity index (χ3v) is 6.34. The number of hydrogen-bond donors (Lipinski definition) is 0. The molecule has 8 heteroatoms. The highest BCUT2D eigenvalue weighted by Crippen LogP contribution is 2.34. The standard InChI is InChI=1S/C24H28N6O2/c1-15-8-9-21-18(12-15)6-5-11-30(21)24(31)19-7-4-10-29(14-19)22-20(13-25-16(2)26-22)23-27-17(3)28-32-23/h8-9,12-13,19H,4-7,10-11,14H2,1-3H3. The maximum Gasteiger partial charge on any atom is 0.263 e. The van der Waals surface area contributed by atoms with Gasteiger partial charge < -0.3 is 14.3 Å². The Kier molecular flexibility index (Phi) is 5.36. The van der Waals surface area contributed by atoms with Crippen molar-refractivity contribution < 1.29 is 9.32 Å². The van der Waals surface area contributed by atoms with Crippen molar-refractivity contribution in [2.75, 3.05) is 29.4 Å². The molecule has 0 spiro atoms. The van der Waals surface area contributed by atoms with E-state index in [2.05, 4.69) is 45.1 Å². The van der Waals surface area contributed by atoms with Crippen LogP contribution in [0.25, 0.3) is 11.5 Å². The van der Waals surface area contributed by atoms with Crippen LogP contribution in [0, 0.1) is 26.7 Å². The number of aryl methyl sites for hydroxylation is 4. The van der Waals surface area contributed by atoms with Gasteiger partial charge in [-0.2, -0.15) is 4.98 Å². The summed E-state index contributed by atoms with van der Waals surface area (Å²) in [5, 5.41) is 3.91. The molecule has 2 aliphatic rings. The van der Waals surface area contributed by atoms with Crippen molar-refractivity contribution in [3.8, 4) is 11.5 Å². The van der Waals surface area contributed by atoms with E-state index in [4.69, 9.17) is 9.51 Å². The maximum atomic E-state index is 13.6. The second kappa shape index (κ2) is 8.33. The molecule has 1 saturated heterocycles. The molecular formula is C24H28N6O2. The molecule has 0 bridgehead atoms. The first kappa shape index (κ1) is 20.6. The fourth-order valence-corrected chi connectivity index (χ4v) is 4.80. The van der Waals surface area contributed by atoms with Crippen molar-refractivity contribution in [1.82, 2.24) is 20.1 Å². The summed E-state index contributed by atoms with van der Waals surface area (Å²) in [5.74, 6) is 2.54. The van der Waals surface area contributed by atoms with Crippen LogP contribution >= 0.6 is 0 Å². The quantitative estimate of drug-likeness (QED) is 0.624. The molecule has 8 nitrogen and oxygen atoms in total. The number of rotatable bonds is 3. The third kappa shape index (κ3) is 3.85. The zero-order valence-corrected chi connectivity index (χ0v) is 18.8. The number of carbonyl (C=O) groups is 1. The monoisotopic (exact) mass is 432 g/mol. The molecule has 1 unspecified atom stereocenters. The number of carbonyl (C=O) groups excluding carboxylic acids is 1. The minimum Gasteiger partial charge on any atom is -0.355 e. The van der Waals surface area contributed by atoms with Gasteiger partial charge in [0.25, 0.3) is 5.89 Å². The average Bonchev–Trinajstić information content (AvgIpc) is 3.24. The first-order chi connectivity index (χ1) is 15.5. The van der Waals surface area contributed by atoms with Gasteiger partial charge in [-0.15, -0.1) is 0 Å². The molecule has 1 atom stereocenters. The molecule has 5 rings (SSSR count). The van der Waals surface area contributed by atoms with Gasteiger partial charge in [-0.3, -0.25) is 4.79 Å². The molecule has 32 heavy (non-hydrogen) atoms. The van der Waals surface area contributed by atoms with Crippen LogP contribution in [0.3, 0.4) is 0 Å². The van der Waals surface area contributed by atoms with E-state index < -0.39 is 0 Å². The Hall–Kier alpha value is -3.29. The molecule has 0 N–H and O–H groups in total. The van der Waals surface area contributed by atoms with E-state index in [1.807, 2.05) is 11.8 Å². The SMILES string of the molecule is Cc1ccc2c(c1)CCCN2C(=O)C1CCCN(c2nc(C)ncc2-c2nc(C)no2)C1. The number of aromatic nitrogens is 4. The fourth-order valence-electron chi connectivity index (χ4n) is 4.80. The van der Waals surface area contributed by atoms with Gasteiger partial charge in [-0.25, -0.2) is 9.97 Å². The first-order valence-electron chi connectivity index (χ1n) is 11.3. The van der Waals surface area contributed by atoms with Gasteiger partial charge in [0.1, 0.15) is 17.2 Å². The summed E-state index contributed by atoms with van der Waals surface area (Å²) in [4.78, 5) is 31.2. The smallest absolute Gasteiger partial charge is 0.263 e. The highest BCUT2D eigenvalue weighted by molar-refractivity contribution is 5.96. The van der Waals surface area contributed by atoms with E-state index >= 15 is 0 Å². The molecule has 0 saturated carbocycles. The number of piperidine rings is 1. The van der Waals surface area contributed by atoms with Crippen LogP contribution in [0.2, 0.25) is 0 Å². The van der Waals surface area contributed by atoms with Gasteiger partial charge >= 0.3 is 0 Å². The summed E-state index contributed by atoms with van der Waals surface area (Å²) in [6.07, 6.45) is 5.58. The largest absolute Gasteiger partial charge is 0.355 e. The number of hydrogen-bond acceptors (Lipinski definition) is 7. The first-order valence-corrected chi connectivity index (χ1v) is 11.3. The molecule has 0 radical (unpaired) electrons. The zero-order chi connectivity index (χ0) is 22.2. The van der Waals surface area contributed by atoms with E-state index in [1.165, 1.54) is 11.1 Å². The Morgan fingerprint density at radius 3 is 2.78 bits per heavy atom. The van der Waals surface area contributed by atoms with E-state index in [-0.39, 0.29) is 11.8 Å². The molecule has 4 heterocycles. The lowest BCUT2D eigenvalue weighted by Crippen LogP contribution is -2.47. The molecule has 2 aromatic heterocycles. The molecule has 166 valence electrons. The molecular weight excluding hydrogens is 404 g/mol. The van der Waals surface area contributed by atoms with Crippen LogP contribution < -0.4 is 9.80 Å². The lowest BCUT2D eigenvalue weighted by atomic mass is 9.93. The summed E-state index contributed by atoms with van der Waals surface area (Å²) in [6, 6.07) is 6.41. The number of fused-ring (bicyclic) bond motifs is 1. The van der Waals surface area contributed by atoms with Crippen molar-refractivity contribution >= 4 is 17.4 Å². The van der Waals surface area contributed by atoms with Gasteiger partial charge in [0.15, 0.2) is 5.82 Å². The Morgan fingerprint density at radius 1 is 1.09 bits per heavy atom. The normalized spacial score (nSPS) is 18.5. The Labute approximate surface area is 187 Å². The van der Waals surface area contributed by atoms with Gasteiger partial charge in [-0.1, -0.05) is 22.9 Å². The number of anilines is 2. The fraction of sp³-hybridized carbons (Fsp3) is 0.458. The number of nitrogens with zero attached hydrogens (tertiary/aromatic N) is 6. The topological polar surface area (TPSA) is 88.3 Å². The van der Waals surface area contributed by atoms with Crippen molar-refractivity contribution in [3.63, 3.8) is 0 Å². The van der Waals surface area contributed by atoms with E-state index in [1.54, 1.807) is 13.1 Å². The van der Waals surface area contributed by atoms with Crippen molar-refractivity contribution in [3.05, 3.63) is 47.2 Å². The van der Waals surface area contributed by atoms with E-state index in [0.29, 0.717) is 29.6 Å². The molecule has 1 fully saturated rings. The Morgan fingerprint density at radius 2 is 1.97 bits per heavy atom. The van der Waals surface area contributed by atoms with Gasteiger partial charge in [-0.05, 0) is 58.1 Å². The second-order valence-electron chi connectivity index (χ2n) is 8.81. The van der Waals surface area contributed by atoms with E-state index in [9.17, 15) is 4.79 Å². The molecule has 0 aliphatic carbocycles. The van der Waals surface area contributed by atoms with Crippen LogP contribution in [-0.4, -0.2) is 45.7 Å². The van der Waals surface area contributed by atoms with Gasteiger partial charge in [0.2, 0.25) is 5.91 Å². The molecule has 1 amide bonds. The maximum absolute atomic E-state index is 13.6. The summed E-state index contributed by atoms with van der Waals surface area (Å²) in [5.41, 5.74) is 4.30. The van der Waals surface area contributed by atoms with Crippen LogP contribution in [0.4, 0.5) is 11.5 Å². The predicted molar refractivity (Wildman–Crippen MR) is 122 cm³/mol. The molecule has 1 aromatic carbocycles. The second-order valence-corrected chi connectivity index (χ2v) is 8.81. The van der Waals surface area contributed by atoms with Gasteiger partial charge in [0.05, 0.1) is 5.92 Å². The van der Waals surface area contributed by atoms with Gasteiger partial charge in [0, 0.05) is 31.5 Å². The number of amides is 1. The minimum absolute atomic E-state index is 0.0801.